The molecule has 9 nitrogen and oxygen atoms in total. The quantitative estimate of drug-likeness (QED) is 0.862. The fourth-order valence-electron chi connectivity index (χ4n) is 2.75. The topological polar surface area (TPSA) is 111 Å². The molecule has 1 aromatic heterocycles. The smallest absolute Gasteiger partial charge is 0.409 e. The summed E-state index contributed by atoms with van der Waals surface area (Å²) >= 11 is 0. The minimum Gasteiger partial charge on any atom is -0.450 e. The van der Waals surface area contributed by atoms with Gasteiger partial charge in [0, 0.05) is 38.1 Å². The van der Waals surface area contributed by atoms with Crippen molar-refractivity contribution in [3.05, 3.63) is 47.8 Å². The molecule has 0 aliphatic carbocycles. The Morgan fingerprint density at radius 2 is 1.89 bits per heavy atom. The summed E-state index contributed by atoms with van der Waals surface area (Å²) in [4.78, 5) is 36.4. The number of nitriles is 1. The van der Waals surface area contributed by atoms with E-state index in [0.717, 1.165) is 0 Å². The fraction of sp³-hybridized carbons (Fsp3) is 0.316. The number of benzene rings is 1. The van der Waals surface area contributed by atoms with Gasteiger partial charge in [0.25, 0.3) is 5.91 Å². The molecule has 1 N–H and O–H groups in total. The van der Waals surface area contributed by atoms with Gasteiger partial charge in [0.15, 0.2) is 0 Å². The highest BCUT2D eigenvalue weighted by molar-refractivity contribution is 6.03. The summed E-state index contributed by atoms with van der Waals surface area (Å²) in [5, 5.41) is 11.6. The van der Waals surface area contributed by atoms with Gasteiger partial charge in [-0.3, -0.25) is 4.79 Å². The van der Waals surface area contributed by atoms with E-state index in [1.807, 2.05) is 11.0 Å². The van der Waals surface area contributed by atoms with Gasteiger partial charge in [0.05, 0.1) is 18.2 Å². The molecule has 0 radical (unpaired) electrons. The summed E-state index contributed by atoms with van der Waals surface area (Å²) in [5.41, 5.74) is 1.33. The zero-order valence-corrected chi connectivity index (χ0v) is 15.5. The van der Waals surface area contributed by atoms with E-state index >= 15 is 0 Å². The first-order valence-electron chi connectivity index (χ1n) is 8.92. The van der Waals surface area contributed by atoms with Crippen LogP contribution in [0.3, 0.4) is 0 Å². The molecular weight excluding hydrogens is 360 g/mol. The van der Waals surface area contributed by atoms with E-state index in [4.69, 9.17) is 10.00 Å². The van der Waals surface area contributed by atoms with Crippen LogP contribution < -0.4 is 10.2 Å². The third kappa shape index (κ3) is 4.54. The molecule has 2 aromatic rings. The summed E-state index contributed by atoms with van der Waals surface area (Å²) in [6.07, 6.45) is 1.21. The average Bonchev–Trinajstić information content (AvgIpc) is 2.74. The van der Waals surface area contributed by atoms with E-state index in [-0.39, 0.29) is 17.7 Å². The molecule has 1 fully saturated rings. The molecule has 0 bridgehead atoms. The number of nitrogens with one attached hydrogen (secondary N) is 1. The zero-order valence-electron chi connectivity index (χ0n) is 15.5. The molecule has 28 heavy (non-hydrogen) atoms. The Kier molecular flexibility index (Phi) is 6.01. The molecule has 1 aromatic carbocycles. The van der Waals surface area contributed by atoms with Gasteiger partial charge < -0.3 is 19.9 Å². The number of aromatic nitrogens is 2. The molecule has 0 spiro atoms. The predicted octanol–water partition coefficient (Wildman–Crippen LogP) is 1.88. The second-order valence-corrected chi connectivity index (χ2v) is 6.06. The number of hydrogen-bond donors (Lipinski definition) is 1. The molecule has 144 valence electrons. The first-order valence-corrected chi connectivity index (χ1v) is 8.92. The number of rotatable bonds is 4. The average molecular weight is 380 g/mol. The third-order valence-corrected chi connectivity index (χ3v) is 4.24. The Morgan fingerprint density at radius 3 is 2.54 bits per heavy atom. The SMILES string of the molecule is CCOC(=O)N1CCN(c2nccc(C(=O)Nc3ccc(C#N)cc3)n2)CC1. The summed E-state index contributed by atoms with van der Waals surface area (Å²) in [6, 6.07) is 10.1. The Morgan fingerprint density at radius 1 is 1.18 bits per heavy atom. The van der Waals surface area contributed by atoms with Crippen LogP contribution in [0.1, 0.15) is 23.0 Å². The van der Waals surface area contributed by atoms with Gasteiger partial charge in [-0.25, -0.2) is 14.8 Å². The lowest BCUT2D eigenvalue weighted by Crippen LogP contribution is -2.49. The second kappa shape index (κ2) is 8.81. The van der Waals surface area contributed by atoms with Gasteiger partial charge in [0.1, 0.15) is 5.69 Å². The van der Waals surface area contributed by atoms with Crippen LogP contribution in [0, 0.1) is 11.3 Å². The van der Waals surface area contributed by atoms with Crippen molar-refractivity contribution in [1.29, 1.82) is 5.26 Å². The molecule has 3 rings (SSSR count). The Hall–Kier alpha value is -3.67. The molecule has 0 unspecified atom stereocenters. The number of piperazine rings is 1. The normalized spacial score (nSPS) is 13.6. The van der Waals surface area contributed by atoms with Crippen LogP contribution in [-0.4, -0.2) is 59.7 Å². The number of carbonyl (C=O) groups is 2. The van der Waals surface area contributed by atoms with Crippen molar-refractivity contribution in [1.82, 2.24) is 14.9 Å². The van der Waals surface area contributed by atoms with E-state index in [9.17, 15) is 9.59 Å². The number of hydrogen-bond acceptors (Lipinski definition) is 7. The van der Waals surface area contributed by atoms with E-state index < -0.39 is 0 Å². The number of nitrogens with zero attached hydrogens (tertiary/aromatic N) is 5. The monoisotopic (exact) mass is 380 g/mol. The van der Waals surface area contributed by atoms with Gasteiger partial charge in [0.2, 0.25) is 5.95 Å². The molecule has 2 heterocycles. The van der Waals surface area contributed by atoms with Crippen LogP contribution >= 0.6 is 0 Å². The molecular formula is C19H20N6O3. The standard InChI is InChI=1S/C19H20N6O3/c1-2-28-19(27)25-11-9-24(10-12-25)18-21-8-7-16(23-18)17(26)22-15-5-3-14(13-20)4-6-15/h3-8H,2,9-12H2,1H3,(H,22,26). The number of carbonyl (C=O) groups excluding carboxylic acids is 2. The number of ether oxygens (including phenoxy) is 1. The van der Waals surface area contributed by atoms with E-state index in [1.165, 1.54) is 12.3 Å². The maximum atomic E-state index is 12.5. The second-order valence-electron chi connectivity index (χ2n) is 6.06. The van der Waals surface area contributed by atoms with Crippen molar-refractivity contribution in [3.63, 3.8) is 0 Å². The predicted molar refractivity (Wildman–Crippen MR) is 102 cm³/mol. The molecule has 1 aliphatic heterocycles. The minimum atomic E-state index is -0.362. The van der Waals surface area contributed by atoms with Gasteiger partial charge >= 0.3 is 6.09 Å². The summed E-state index contributed by atoms with van der Waals surface area (Å²) in [7, 11) is 0. The highest BCUT2D eigenvalue weighted by Gasteiger charge is 2.23. The van der Waals surface area contributed by atoms with Crippen LogP contribution in [0.15, 0.2) is 36.5 Å². The first kappa shape index (κ1) is 19.1. The van der Waals surface area contributed by atoms with Gasteiger partial charge in [-0.2, -0.15) is 5.26 Å². The Balaban J connectivity index is 1.63. The minimum absolute atomic E-state index is 0.238. The van der Waals surface area contributed by atoms with Crippen molar-refractivity contribution < 1.29 is 14.3 Å². The zero-order chi connectivity index (χ0) is 19.9. The molecule has 1 aliphatic rings. The summed E-state index contributed by atoms with van der Waals surface area (Å²) < 4.78 is 5.01. The maximum absolute atomic E-state index is 12.5. The highest BCUT2D eigenvalue weighted by Crippen LogP contribution is 2.14. The van der Waals surface area contributed by atoms with Gasteiger partial charge in [-0.1, -0.05) is 0 Å². The van der Waals surface area contributed by atoms with E-state index in [1.54, 1.807) is 36.1 Å². The fourth-order valence-corrected chi connectivity index (χ4v) is 2.75. The maximum Gasteiger partial charge on any atom is 0.409 e. The molecule has 1 saturated heterocycles. The van der Waals surface area contributed by atoms with Crippen molar-refractivity contribution in [2.75, 3.05) is 43.0 Å². The largest absolute Gasteiger partial charge is 0.450 e. The lowest BCUT2D eigenvalue weighted by atomic mass is 10.2. The van der Waals surface area contributed by atoms with Crippen LogP contribution in [0.2, 0.25) is 0 Å². The van der Waals surface area contributed by atoms with Crippen LogP contribution in [0.5, 0.6) is 0 Å². The molecule has 2 amide bonds. The first-order chi connectivity index (χ1) is 13.6. The van der Waals surface area contributed by atoms with E-state index in [2.05, 4.69) is 15.3 Å². The van der Waals surface area contributed by atoms with Crippen LogP contribution in [0.4, 0.5) is 16.4 Å². The summed E-state index contributed by atoms with van der Waals surface area (Å²) in [5.74, 6) is 0.0782. The molecule has 0 saturated carbocycles. The van der Waals surface area contributed by atoms with Crippen molar-refractivity contribution >= 4 is 23.6 Å². The van der Waals surface area contributed by atoms with Crippen molar-refractivity contribution in [2.45, 2.75) is 6.92 Å². The molecule has 9 heteroatoms. The van der Waals surface area contributed by atoms with Crippen molar-refractivity contribution in [3.8, 4) is 6.07 Å². The third-order valence-electron chi connectivity index (χ3n) is 4.24. The number of anilines is 2. The van der Waals surface area contributed by atoms with Crippen LogP contribution in [-0.2, 0) is 4.74 Å². The lowest BCUT2D eigenvalue weighted by molar-refractivity contribution is 0.102. The van der Waals surface area contributed by atoms with E-state index in [0.29, 0.717) is 50.0 Å². The lowest BCUT2D eigenvalue weighted by Gasteiger charge is -2.34. The molecule has 0 atom stereocenters. The van der Waals surface area contributed by atoms with Gasteiger partial charge in [-0.05, 0) is 37.3 Å². The summed E-state index contributed by atoms with van der Waals surface area (Å²) in [6.45, 7) is 4.24. The Labute approximate surface area is 162 Å². The van der Waals surface area contributed by atoms with Crippen molar-refractivity contribution in [2.24, 2.45) is 0 Å². The number of amides is 2. The highest BCUT2D eigenvalue weighted by atomic mass is 16.6. The van der Waals surface area contributed by atoms with Crippen LogP contribution in [0.25, 0.3) is 0 Å². The Bertz CT molecular complexity index is 885. The van der Waals surface area contributed by atoms with Gasteiger partial charge in [-0.15, -0.1) is 0 Å².